The Labute approximate surface area is 133 Å². The summed E-state index contributed by atoms with van der Waals surface area (Å²) in [5.74, 6) is 0. The van der Waals surface area contributed by atoms with Gasteiger partial charge in [0, 0.05) is 27.9 Å². The molecule has 0 saturated heterocycles. The minimum Gasteiger partial charge on any atom is -0.399 e. The second kappa shape index (κ2) is 5.96. The first-order valence-corrected chi connectivity index (χ1v) is 7.93. The van der Waals surface area contributed by atoms with Crippen LogP contribution in [-0.4, -0.2) is 11.2 Å². The van der Waals surface area contributed by atoms with Crippen LogP contribution in [0.3, 0.4) is 0 Å². The summed E-state index contributed by atoms with van der Waals surface area (Å²) in [6.45, 7) is 0. The Bertz CT molecular complexity index is 883. The summed E-state index contributed by atoms with van der Waals surface area (Å²) in [6, 6.07) is 15.7. The van der Waals surface area contributed by atoms with Crippen LogP contribution >= 0.6 is 11.8 Å². The van der Waals surface area contributed by atoms with Crippen molar-refractivity contribution in [3.63, 3.8) is 0 Å². The number of nitrogen functional groups attached to an aromatic ring is 1. The maximum Gasteiger partial charge on any atom is 0.103 e. The molecule has 0 amide bonds. The van der Waals surface area contributed by atoms with Crippen molar-refractivity contribution in [2.24, 2.45) is 0 Å². The number of anilines is 3. The maximum atomic E-state index is 9.36. The topological polar surface area (TPSA) is 74.7 Å². The molecule has 0 bridgehead atoms. The number of benzene rings is 2. The fraction of sp³-hybridized carbons (Fsp3) is 0.0588. The molecule has 108 valence electrons. The molecule has 0 unspecified atom stereocenters. The highest BCUT2D eigenvalue weighted by molar-refractivity contribution is 7.98. The molecule has 1 heterocycles. The monoisotopic (exact) mass is 306 g/mol. The van der Waals surface area contributed by atoms with E-state index >= 15 is 0 Å². The summed E-state index contributed by atoms with van der Waals surface area (Å²) in [7, 11) is 0. The molecular formula is C17H14N4S. The smallest absolute Gasteiger partial charge is 0.103 e. The lowest BCUT2D eigenvalue weighted by Crippen LogP contribution is -1.97. The lowest BCUT2D eigenvalue weighted by molar-refractivity contribution is 1.36. The van der Waals surface area contributed by atoms with Crippen LogP contribution in [0, 0.1) is 11.3 Å². The number of nitriles is 1. The van der Waals surface area contributed by atoms with Crippen LogP contribution in [-0.2, 0) is 0 Å². The number of hydrogen-bond donors (Lipinski definition) is 2. The Morgan fingerprint density at radius 3 is 2.86 bits per heavy atom. The molecule has 0 aliphatic heterocycles. The van der Waals surface area contributed by atoms with Crippen molar-refractivity contribution in [2.75, 3.05) is 17.3 Å². The normalized spacial score (nSPS) is 10.4. The third-order valence-electron chi connectivity index (χ3n) is 3.35. The highest BCUT2D eigenvalue weighted by atomic mass is 32.2. The Morgan fingerprint density at radius 1 is 1.23 bits per heavy atom. The van der Waals surface area contributed by atoms with Gasteiger partial charge in [0.2, 0.25) is 0 Å². The molecule has 0 aliphatic carbocycles. The molecule has 0 spiro atoms. The summed E-state index contributed by atoms with van der Waals surface area (Å²) in [6.07, 6.45) is 3.61. The first kappa shape index (κ1) is 14.2. The molecule has 4 nitrogen and oxygen atoms in total. The molecule has 5 heteroatoms. The third kappa shape index (κ3) is 2.69. The fourth-order valence-electron chi connectivity index (χ4n) is 2.27. The van der Waals surface area contributed by atoms with Gasteiger partial charge in [0.25, 0.3) is 0 Å². The van der Waals surface area contributed by atoms with Crippen LogP contribution in [0.1, 0.15) is 5.56 Å². The van der Waals surface area contributed by atoms with E-state index in [9.17, 15) is 5.26 Å². The van der Waals surface area contributed by atoms with E-state index in [4.69, 9.17) is 5.73 Å². The van der Waals surface area contributed by atoms with Gasteiger partial charge in [-0.25, -0.2) is 0 Å². The molecule has 0 saturated carbocycles. The molecule has 0 atom stereocenters. The van der Waals surface area contributed by atoms with Gasteiger partial charge in [0.05, 0.1) is 16.8 Å². The Balaban J connectivity index is 2.15. The lowest BCUT2D eigenvalue weighted by Gasteiger charge is -2.12. The van der Waals surface area contributed by atoms with Gasteiger partial charge in [-0.05, 0) is 42.7 Å². The Kier molecular flexibility index (Phi) is 3.86. The van der Waals surface area contributed by atoms with E-state index < -0.39 is 0 Å². The van der Waals surface area contributed by atoms with Crippen molar-refractivity contribution in [1.29, 1.82) is 5.26 Å². The second-order valence-corrected chi connectivity index (χ2v) is 5.67. The molecule has 3 rings (SSSR count). The summed E-state index contributed by atoms with van der Waals surface area (Å²) < 4.78 is 0. The predicted molar refractivity (Wildman–Crippen MR) is 92.4 cm³/mol. The molecular weight excluding hydrogens is 292 g/mol. The van der Waals surface area contributed by atoms with E-state index in [1.54, 1.807) is 24.0 Å². The fourth-order valence-corrected chi connectivity index (χ4v) is 2.73. The third-order valence-corrected chi connectivity index (χ3v) is 4.08. The van der Waals surface area contributed by atoms with Crippen molar-refractivity contribution >= 4 is 39.7 Å². The van der Waals surface area contributed by atoms with E-state index in [0.717, 1.165) is 27.2 Å². The number of pyridine rings is 1. The van der Waals surface area contributed by atoms with Gasteiger partial charge in [-0.15, -0.1) is 11.8 Å². The van der Waals surface area contributed by atoms with Gasteiger partial charge in [0.15, 0.2) is 0 Å². The second-order valence-electron chi connectivity index (χ2n) is 4.79. The predicted octanol–water partition coefficient (Wildman–Crippen LogP) is 4.15. The number of aromatic nitrogens is 1. The SMILES string of the molecule is CSc1cccc(Nc2c(C#N)cnc3ccc(N)cc23)c1. The zero-order valence-electron chi connectivity index (χ0n) is 12.0. The maximum absolute atomic E-state index is 9.36. The van der Waals surface area contributed by atoms with Crippen molar-refractivity contribution in [2.45, 2.75) is 4.90 Å². The first-order chi connectivity index (χ1) is 10.7. The number of rotatable bonds is 3. The van der Waals surface area contributed by atoms with Crippen molar-refractivity contribution in [1.82, 2.24) is 4.98 Å². The van der Waals surface area contributed by atoms with Gasteiger partial charge < -0.3 is 11.1 Å². The first-order valence-electron chi connectivity index (χ1n) is 6.70. The van der Waals surface area contributed by atoms with E-state index in [-0.39, 0.29) is 0 Å². The van der Waals surface area contributed by atoms with Crippen molar-refractivity contribution in [3.8, 4) is 6.07 Å². The van der Waals surface area contributed by atoms with Gasteiger partial charge in [-0.3, -0.25) is 4.98 Å². The standard InChI is InChI=1S/C17H14N4S/c1-22-14-4-2-3-13(8-14)21-17-11(9-18)10-20-16-6-5-12(19)7-15(16)17/h2-8,10H,19H2,1H3,(H,20,21). The van der Waals surface area contributed by atoms with Crippen LogP contribution in [0.25, 0.3) is 10.9 Å². The molecule has 0 fully saturated rings. The van der Waals surface area contributed by atoms with Gasteiger partial charge >= 0.3 is 0 Å². The van der Waals surface area contributed by atoms with Crippen LogP contribution in [0.2, 0.25) is 0 Å². The minimum atomic E-state index is 0.493. The van der Waals surface area contributed by atoms with E-state index in [1.807, 2.05) is 42.7 Å². The van der Waals surface area contributed by atoms with Crippen LogP contribution in [0.5, 0.6) is 0 Å². The minimum absolute atomic E-state index is 0.493. The van der Waals surface area contributed by atoms with Crippen molar-refractivity contribution in [3.05, 3.63) is 54.2 Å². The average Bonchev–Trinajstić information content (AvgIpc) is 2.55. The number of nitrogens with zero attached hydrogens (tertiary/aromatic N) is 2. The zero-order chi connectivity index (χ0) is 15.5. The number of thioether (sulfide) groups is 1. The van der Waals surface area contributed by atoms with Crippen LogP contribution < -0.4 is 11.1 Å². The van der Waals surface area contributed by atoms with Gasteiger partial charge in [-0.1, -0.05) is 6.07 Å². The molecule has 3 N–H and O–H groups in total. The molecule has 0 radical (unpaired) electrons. The quantitative estimate of drug-likeness (QED) is 0.561. The molecule has 3 aromatic rings. The van der Waals surface area contributed by atoms with E-state index in [2.05, 4.69) is 16.4 Å². The number of nitrogens with one attached hydrogen (secondary N) is 1. The molecule has 1 aromatic heterocycles. The average molecular weight is 306 g/mol. The molecule has 22 heavy (non-hydrogen) atoms. The zero-order valence-corrected chi connectivity index (χ0v) is 12.8. The highest BCUT2D eigenvalue weighted by Crippen LogP contribution is 2.31. The Hall–Kier alpha value is -2.71. The van der Waals surface area contributed by atoms with Crippen LogP contribution in [0.4, 0.5) is 17.1 Å². The van der Waals surface area contributed by atoms with Crippen LogP contribution in [0.15, 0.2) is 53.6 Å². The lowest BCUT2D eigenvalue weighted by atomic mass is 10.1. The summed E-state index contributed by atoms with van der Waals surface area (Å²) in [4.78, 5) is 5.46. The van der Waals surface area contributed by atoms with E-state index in [0.29, 0.717) is 11.3 Å². The van der Waals surface area contributed by atoms with Gasteiger partial charge in [-0.2, -0.15) is 5.26 Å². The molecule has 2 aromatic carbocycles. The van der Waals surface area contributed by atoms with E-state index in [1.165, 1.54) is 0 Å². The summed E-state index contributed by atoms with van der Waals surface area (Å²) >= 11 is 1.67. The molecule has 0 aliphatic rings. The highest BCUT2D eigenvalue weighted by Gasteiger charge is 2.10. The largest absolute Gasteiger partial charge is 0.399 e. The summed E-state index contributed by atoms with van der Waals surface area (Å²) in [5.41, 5.74) is 9.48. The Morgan fingerprint density at radius 2 is 2.09 bits per heavy atom. The van der Waals surface area contributed by atoms with Crippen molar-refractivity contribution < 1.29 is 0 Å². The number of nitrogens with two attached hydrogens (primary N) is 1. The van der Waals surface area contributed by atoms with Gasteiger partial charge in [0.1, 0.15) is 6.07 Å². The number of hydrogen-bond acceptors (Lipinski definition) is 5. The number of fused-ring (bicyclic) bond motifs is 1. The summed E-state index contributed by atoms with van der Waals surface area (Å²) in [5, 5.41) is 13.5.